The summed E-state index contributed by atoms with van der Waals surface area (Å²) in [5.74, 6) is 1.98. The molecule has 0 aliphatic heterocycles. The molecule has 4 atom stereocenters. The molecule has 0 aromatic carbocycles. The summed E-state index contributed by atoms with van der Waals surface area (Å²) >= 11 is 1.66. The van der Waals surface area contributed by atoms with Crippen molar-refractivity contribution in [1.29, 1.82) is 0 Å². The lowest BCUT2D eigenvalue weighted by Crippen LogP contribution is -2.45. The Morgan fingerprint density at radius 3 is 2.85 bits per heavy atom. The van der Waals surface area contributed by atoms with Gasteiger partial charge >= 0.3 is 0 Å². The van der Waals surface area contributed by atoms with Gasteiger partial charge in [-0.1, -0.05) is 0 Å². The van der Waals surface area contributed by atoms with Crippen LogP contribution in [-0.2, 0) is 11.3 Å². The highest BCUT2D eigenvalue weighted by atomic mass is 32.1. The van der Waals surface area contributed by atoms with E-state index in [4.69, 9.17) is 5.73 Å². The summed E-state index contributed by atoms with van der Waals surface area (Å²) < 4.78 is 0. The van der Waals surface area contributed by atoms with E-state index in [1.807, 2.05) is 0 Å². The van der Waals surface area contributed by atoms with Gasteiger partial charge in [-0.15, -0.1) is 11.3 Å². The smallest absolute Gasteiger partial charge is 0.225 e. The monoisotopic (exact) mass is 291 g/mol. The van der Waals surface area contributed by atoms with Gasteiger partial charge in [0.05, 0.1) is 18.2 Å². The predicted molar refractivity (Wildman–Crippen MR) is 78.2 cm³/mol. The number of aromatic nitrogens is 1. The Hall–Kier alpha value is -0.940. The standard InChI is InChI=1S/C15H21N3OS/c16-14-10-4-3-9(5-10)13(14)15(19)17-6-12-18-11(7-20-12)8-1-2-8/h7-10,13-14H,1-6,16H2,(H,17,19). The van der Waals surface area contributed by atoms with E-state index >= 15 is 0 Å². The third kappa shape index (κ3) is 2.17. The third-order valence-corrected chi connectivity index (χ3v) is 6.13. The minimum Gasteiger partial charge on any atom is -0.349 e. The Morgan fingerprint density at radius 1 is 1.35 bits per heavy atom. The van der Waals surface area contributed by atoms with Crippen LogP contribution in [0.2, 0.25) is 0 Å². The SMILES string of the molecule is NC1C2CCC(C2)C1C(=O)NCc1nc(C2CC2)cs1. The van der Waals surface area contributed by atoms with Crippen molar-refractivity contribution in [1.82, 2.24) is 10.3 Å². The number of nitrogens with zero attached hydrogens (tertiary/aromatic N) is 1. The molecule has 4 rings (SSSR count). The van der Waals surface area contributed by atoms with Crippen molar-refractivity contribution in [2.24, 2.45) is 23.5 Å². The van der Waals surface area contributed by atoms with Crippen molar-refractivity contribution in [2.45, 2.75) is 50.6 Å². The van der Waals surface area contributed by atoms with E-state index in [-0.39, 0.29) is 17.9 Å². The zero-order valence-electron chi connectivity index (χ0n) is 11.5. The Balaban J connectivity index is 1.35. The summed E-state index contributed by atoms with van der Waals surface area (Å²) in [6, 6.07) is 0.0760. The van der Waals surface area contributed by atoms with Crippen LogP contribution in [0.3, 0.4) is 0 Å². The quantitative estimate of drug-likeness (QED) is 0.891. The fraction of sp³-hybridized carbons (Fsp3) is 0.733. The Kier molecular flexibility index (Phi) is 3.07. The number of hydrogen-bond acceptors (Lipinski definition) is 4. The van der Waals surface area contributed by atoms with E-state index in [1.165, 1.54) is 31.4 Å². The Morgan fingerprint density at radius 2 is 2.15 bits per heavy atom. The minimum absolute atomic E-state index is 0.0385. The van der Waals surface area contributed by atoms with Gasteiger partial charge < -0.3 is 11.1 Å². The first-order valence-electron chi connectivity index (χ1n) is 7.70. The Labute approximate surface area is 123 Å². The molecule has 0 saturated heterocycles. The van der Waals surface area contributed by atoms with Crippen LogP contribution in [0.4, 0.5) is 0 Å². The number of nitrogens with two attached hydrogens (primary N) is 1. The van der Waals surface area contributed by atoms with Crippen molar-refractivity contribution in [2.75, 3.05) is 0 Å². The van der Waals surface area contributed by atoms with Gasteiger partial charge in [-0.25, -0.2) is 4.98 Å². The summed E-state index contributed by atoms with van der Waals surface area (Å²) in [5, 5.41) is 6.22. The highest BCUT2D eigenvalue weighted by Crippen LogP contribution is 2.47. The molecule has 1 aromatic rings. The van der Waals surface area contributed by atoms with Crippen molar-refractivity contribution in [3.8, 4) is 0 Å². The van der Waals surface area contributed by atoms with Gasteiger partial charge in [-0.3, -0.25) is 4.79 Å². The summed E-state index contributed by atoms with van der Waals surface area (Å²) in [6.45, 7) is 0.566. The molecule has 0 radical (unpaired) electrons. The first kappa shape index (κ1) is 12.8. The maximum absolute atomic E-state index is 12.4. The minimum atomic E-state index is 0.0385. The number of hydrogen-bond donors (Lipinski definition) is 2. The van der Waals surface area contributed by atoms with Gasteiger partial charge in [0.1, 0.15) is 5.01 Å². The number of nitrogens with one attached hydrogen (secondary N) is 1. The van der Waals surface area contributed by atoms with Crippen molar-refractivity contribution in [3.63, 3.8) is 0 Å². The van der Waals surface area contributed by atoms with Crippen LogP contribution in [0.15, 0.2) is 5.38 Å². The molecule has 3 aliphatic carbocycles. The van der Waals surface area contributed by atoms with Crippen LogP contribution in [0, 0.1) is 17.8 Å². The summed E-state index contributed by atoms with van der Waals surface area (Å²) in [4.78, 5) is 17.0. The lowest BCUT2D eigenvalue weighted by molar-refractivity contribution is -0.127. The summed E-state index contributed by atoms with van der Waals surface area (Å²) in [7, 11) is 0. The normalized spacial score (nSPS) is 35.5. The van der Waals surface area contributed by atoms with E-state index in [0.29, 0.717) is 24.3 Å². The van der Waals surface area contributed by atoms with Crippen LogP contribution >= 0.6 is 11.3 Å². The van der Waals surface area contributed by atoms with Crippen LogP contribution in [0.1, 0.15) is 48.7 Å². The number of rotatable bonds is 4. The molecule has 4 nitrogen and oxygen atoms in total. The van der Waals surface area contributed by atoms with Gasteiger partial charge in [-0.2, -0.15) is 0 Å². The molecular weight excluding hydrogens is 270 g/mol. The van der Waals surface area contributed by atoms with E-state index < -0.39 is 0 Å². The highest BCUT2D eigenvalue weighted by molar-refractivity contribution is 7.09. The fourth-order valence-electron chi connectivity index (χ4n) is 3.98. The maximum atomic E-state index is 12.4. The van der Waals surface area contributed by atoms with Crippen molar-refractivity contribution < 1.29 is 4.79 Å². The van der Waals surface area contributed by atoms with Gasteiger partial charge in [0.2, 0.25) is 5.91 Å². The molecular formula is C15H21N3OS. The van der Waals surface area contributed by atoms with E-state index in [9.17, 15) is 4.79 Å². The zero-order valence-corrected chi connectivity index (χ0v) is 12.4. The van der Waals surface area contributed by atoms with Gasteiger partial charge in [0.25, 0.3) is 0 Å². The largest absolute Gasteiger partial charge is 0.349 e. The lowest BCUT2D eigenvalue weighted by atomic mass is 9.84. The third-order valence-electron chi connectivity index (χ3n) is 5.26. The van der Waals surface area contributed by atoms with Crippen LogP contribution in [-0.4, -0.2) is 16.9 Å². The maximum Gasteiger partial charge on any atom is 0.225 e. The van der Waals surface area contributed by atoms with Gasteiger partial charge in [-0.05, 0) is 43.9 Å². The topological polar surface area (TPSA) is 68.0 Å². The number of fused-ring (bicyclic) bond motifs is 2. The molecule has 3 saturated carbocycles. The molecule has 1 amide bonds. The molecule has 3 aliphatic rings. The van der Waals surface area contributed by atoms with Gasteiger partial charge in [0.15, 0.2) is 0 Å². The summed E-state index contributed by atoms with van der Waals surface area (Å²) in [6.07, 6.45) is 6.10. The van der Waals surface area contributed by atoms with Crippen molar-refractivity contribution >= 4 is 17.2 Å². The molecule has 1 aromatic heterocycles. The predicted octanol–water partition coefficient (Wildman–Crippen LogP) is 2.01. The molecule has 3 fully saturated rings. The number of amides is 1. The first-order chi connectivity index (χ1) is 9.72. The number of carbonyl (C=O) groups is 1. The second-order valence-corrected chi connectivity index (χ2v) is 7.54. The fourth-order valence-corrected chi connectivity index (χ4v) is 4.79. The first-order valence-corrected chi connectivity index (χ1v) is 8.58. The van der Waals surface area contributed by atoms with E-state index in [1.54, 1.807) is 11.3 Å². The zero-order chi connectivity index (χ0) is 13.7. The van der Waals surface area contributed by atoms with E-state index in [0.717, 1.165) is 11.4 Å². The van der Waals surface area contributed by atoms with Crippen LogP contribution in [0.5, 0.6) is 0 Å². The molecule has 20 heavy (non-hydrogen) atoms. The van der Waals surface area contributed by atoms with Gasteiger partial charge in [0, 0.05) is 17.3 Å². The molecule has 4 unspecified atom stereocenters. The molecule has 3 N–H and O–H groups in total. The second-order valence-electron chi connectivity index (χ2n) is 6.59. The van der Waals surface area contributed by atoms with E-state index in [2.05, 4.69) is 15.7 Å². The van der Waals surface area contributed by atoms with Crippen molar-refractivity contribution in [3.05, 3.63) is 16.1 Å². The number of thiazole rings is 1. The van der Waals surface area contributed by atoms with Crippen LogP contribution in [0.25, 0.3) is 0 Å². The summed E-state index contributed by atoms with van der Waals surface area (Å²) in [5.41, 5.74) is 7.43. The van der Waals surface area contributed by atoms with Crippen LogP contribution < -0.4 is 11.1 Å². The molecule has 108 valence electrons. The molecule has 1 heterocycles. The molecule has 5 heteroatoms. The highest BCUT2D eigenvalue weighted by Gasteiger charge is 2.48. The average molecular weight is 291 g/mol. The molecule has 2 bridgehead atoms. The number of carbonyl (C=O) groups excluding carboxylic acids is 1. The molecule has 0 spiro atoms. The lowest BCUT2D eigenvalue weighted by Gasteiger charge is -2.26. The Bertz CT molecular complexity index is 523. The second kappa shape index (κ2) is 4.81. The average Bonchev–Trinajstić information content (AvgIpc) is 2.88.